The van der Waals surface area contributed by atoms with Gasteiger partial charge in [0.1, 0.15) is 6.61 Å². The molecule has 298 valence electrons. The number of ether oxygens (including phenoxy) is 2. The molecule has 0 aromatic carbocycles. The Hall–Kier alpha value is -2.59. The van der Waals surface area contributed by atoms with E-state index in [0.717, 1.165) is 51.4 Å². The molecule has 2 unspecified atom stereocenters. The number of nitrogens with two attached hydrogens (primary N) is 1. The van der Waals surface area contributed by atoms with Crippen LogP contribution in [0.1, 0.15) is 136 Å². The number of unbranched alkanes of at least 4 members (excludes halogenated alkanes) is 10. The number of carbonyl (C=O) groups is 2. The van der Waals surface area contributed by atoms with Crippen LogP contribution in [-0.2, 0) is 32.7 Å². The van der Waals surface area contributed by atoms with E-state index in [4.69, 9.17) is 24.3 Å². The van der Waals surface area contributed by atoms with Gasteiger partial charge in [0.25, 0.3) is 0 Å². The average Bonchev–Trinajstić information content (AvgIpc) is 3.13. The molecule has 0 fully saturated rings. The van der Waals surface area contributed by atoms with Gasteiger partial charge in [-0.05, 0) is 44.9 Å². The van der Waals surface area contributed by atoms with Crippen molar-refractivity contribution < 1.29 is 42.7 Å². The van der Waals surface area contributed by atoms with Crippen molar-refractivity contribution in [1.82, 2.24) is 0 Å². The van der Waals surface area contributed by atoms with Gasteiger partial charge in [-0.1, -0.05) is 151 Å². The summed E-state index contributed by atoms with van der Waals surface area (Å²) in [5.41, 5.74) is 5.32. The zero-order valence-electron chi connectivity index (χ0n) is 32.1. The first-order valence-electron chi connectivity index (χ1n) is 19.5. The maximum absolute atomic E-state index is 12.5. The molecule has 10 nitrogen and oxygen atoms in total. The summed E-state index contributed by atoms with van der Waals surface area (Å²) in [7, 11) is -4.43. The molecule has 0 aliphatic carbocycles. The molecule has 0 amide bonds. The van der Waals surface area contributed by atoms with E-state index in [0.29, 0.717) is 6.42 Å². The zero-order chi connectivity index (χ0) is 38.4. The van der Waals surface area contributed by atoms with E-state index in [-0.39, 0.29) is 39.0 Å². The fourth-order valence-electron chi connectivity index (χ4n) is 4.80. The summed E-state index contributed by atoms with van der Waals surface area (Å²) in [4.78, 5) is 34.7. The Bertz CT molecular complexity index is 1100. The molecule has 0 aliphatic heterocycles. The molecule has 0 spiro atoms. The molecule has 0 aliphatic rings. The largest absolute Gasteiger partial charge is 0.472 e. The summed E-state index contributed by atoms with van der Waals surface area (Å²) in [6.45, 7) is 3.30. The predicted molar refractivity (Wildman–Crippen MR) is 212 cm³/mol. The molecule has 4 N–H and O–H groups in total. The van der Waals surface area contributed by atoms with E-state index >= 15 is 0 Å². The van der Waals surface area contributed by atoms with Crippen molar-refractivity contribution in [2.24, 2.45) is 5.73 Å². The van der Waals surface area contributed by atoms with Gasteiger partial charge in [0, 0.05) is 19.4 Å². The van der Waals surface area contributed by atoms with Crippen LogP contribution in [0.15, 0.2) is 72.9 Å². The van der Waals surface area contributed by atoms with E-state index in [1.54, 1.807) is 12.2 Å². The number of hydrogen-bond acceptors (Lipinski definition) is 9. The number of aliphatic hydroxyl groups is 1. The van der Waals surface area contributed by atoms with Crippen LogP contribution in [0.5, 0.6) is 0 Å². The lowest BCUT2D eigenvalue weighted by Crippen LogP contribution is -2.29. The molecule has 52 heavy (non-hydrogen) atoms. The number of phosphoric ester groups is 1. The number of carbonyl (C=O) groups excluding carboxylic acids is 2. The van der Waals surface area contributed by atoms with Crippen LogP contribution >= 0.6 is 7.82 Å². The normalized spacial score (nSPS) is 14.8. The predicted octanol–water partition coefficient (Wildman–Crippen LogP) is 9.68. The fourth-order valence-corrected chi connectivity index (χ4v) is 5.57. The van der Waals surface area contributed by atoms with Crippen molar-refractivity contribution in [2.45, 2.75) is 148 Å². The molecular weight excluding hydrogens is 681 g/mol. The number of hydrogen-bond donors (Lipinski definition) is 3. The van der Waals surface area contributed by atoms with E-state index in [9.17, 15) is 24.2 Å². The standard InChI is InChI=1S/C41H70NO9P/c1-3-5-7-9-11-13-15-16-17-18-19-21-22-24-26-28-30-38(43)32-33-40(44)48-36-39(37-50-52(46,47)49-35-34-42)51-41(45)31-29-27-25-23-20-14-12-10-8-6-4-2/h5,7,11,13,16-17,19,21,24,26,28,30,38-39,43H,3-4,6,8-10,12,14-15,18,20,22-23,25,27,29,31-37,42H2,1-2H3,(H,46,47)/b7-5-,13-11-,17-16-,21-19-,26-24-,30-28-/t38?,39-/m1/s1. The number of rotatable bonds is 35. The highest BCUT2D eigenvalue weighted by atomic mass is 31.2. The summed E-state index contributed by atoms with van der Waals surface area (Å²) in [5, 5.41) is 10.2. The Kier molecular flexibility index (Phi) is 34.9. The van der Waals surface area contributed by atoms with Gasteiger partial charge < -0.3 is 25.2 Å². The molecule has 11 heteroatoms. The number of aliphatic hydroxyl groups excluding tert-OH is 1. The Labute approximate surface area is 314 Å². The Morgan fingerprint density at radius 1 is 0.673 bits per heavy atom. The maximum atomic E-state index is 12.5. The Balaban J connectivity index is 4.46. The van der Waals surface area contributed by atoms with Gasteiger partial charge in [0.15, 0.2) is 6.10 Å². The minimum Gasteiger partial charge on any atom is -0.462 e. The number of phosphoric acid groups is 1. The SMILES string of the molecule is CC/C=C\C/C=C\C/C=C\C/C=C\C/C=C\C=C/C(O)CCC(=O)OC[C@H](COP(=O)(O)OCCN)OC(=O)CCCCCCCCCCCCC. The fraction of sp³-hybridized carbons (Fsp3) is 0.659. The summed E-state index contributed by atoms with van der Waals surface area (Å²) in [6.07, 6.45) is 39.8. The quantitative estimate of drug-likeness (QED) is 0.0187. The van der Waals surface area contributed by atoms with Crippen LogP contribution in [0, 0.1) is 0 Å². The highest BCUT2D eigenvalue weighted by Gasteiger charge is 2.26. The third-order valence-electron chi connectivity index (χ3n) is 7.72. The zero-order valence-corrected chi connectivity index (χ0v) is 33.0. The first kappa shape index (κ1) is 49.4. The van der Waals surface area contributed by atoms with Gasteiger partial charge in [-0.2, -0.15) is 0 Å². The van der Waals surface area contributed by atoms with Gasteiger partial charge in [-0.3, -0.25) is 18.6 Å². The van der Waals surface area contributed by atoms with Gasteiger partial charge in [-0.25, -0.2) is 4.57 Å². The lowest BCUT2D eigenvalue weighted by molar-refractivity contribution is -0.161. The molecule has 0 aromatic rings. The molecule has 0 radical (unpaired) electrons. The average molecular weight is 752 g/mol. The lowest BCUT2D eigenvalue weighted by atomic mass is 10.1. The van der Waals surface area contributed by atoms with Crippen molar-refractivity contribution in [3.63, 3.8) is 0 Å². The first-order chi connectivity index (χ1) is 25.2. The van der Waals surface area contributed by atoms with Gasteiger partial charge >= 0.3 is 19.8 Å². The van der Waals surface area contributed by atoms with E-state index in [2.05, 4.69) is 62.5 Å². The van der Waals surface area contributed by atoms with E-state index in [1.807, 2.05) is 12.2 Å². The minimum absolute atomic E-state index is 0.0201. The van der Waals surface area contributed by atoms with Crippen molar-refractivity contribution in [3.05, 3.63) is 72.9 Å². The smallest absolute Gasteiger partial charge is 0.462 e. The molecule has 0 saturated heterocycles. The first-order valence-corrected chi connectivity index (χ1v) is 21.0. The van der Waals surface area contributed by atoms with Crippen LogP contribution < -0.4 is 5.73 Å². The van der Waals surface area contributed by atoms with Crippen molar-refractivity contribution in [1.29, 1.82) is 0 Å². The van der Waals surface area contributed by atoms with Gasteiger partial charge in [0.05, 0.1) is 19.3 Å². The van der Waals surface area contributed by atoms with Crippen LogP contribution in [0.2, 0.25) is 0 Å². The van der Waals surface area contributed by atoms with Crippen LogP contribution in [0.4, 0.5) is 0 Å². The molecular formula is C41H70NO9P. The Morgan fingerprint density at radius 3 is 1.77 bits per heavy atom. The molecule has 3 atom stereocenters. The van der Waals surface area contributed by atoms with Crippen molar-refractivity contribution >= 4 is 19.8 Å². The highest BCUT2D eigenvalue weighted by molar-refractivity contribution is 7.47. The summed E-state index contributed by atoms with van der Waals surface area (Å²) in [5.74, 6) is -1.12. The Morgan fingerprint density at radius 2 is 1.21 bits per heavy atom. The maximum Gasteiger partial charge on any atom is 0.472 e. The summed E-state index contributed by atoms with van der Waals surface area (Å²) >= 11 is 0. The third kappa shape index (κ3) is 35.8. The van der Waals surface area contributed by atoms with Gasteiger partial charge in [-0.15, -0.1) is 0 Å². The molecule has 0 rings (SSSR count). The summed E-state index contributed by atoms with van der Waals surface area (Å²) in [6, 6.07) is 0. The molecule has 0 saturated carbocycles. The third-order valence-corrected chi connectivity index (χ3v) is 8.71. The van der Waals surface area contributed by atoms with E-state index in [1.165, 1.54) is 44.9 Å². The van der Waals surface area contributed by atoms with Gasteiger partial charge in [0.2, 0.25) is 0 Å². The monoisotopic (exact) mass is 751 g/mol. The minimum atomic E-state index is -4.43. The second kappa shape index (κ2) is 36.8. The van der Waals surface area contributed by atoms with E-state index < -0.39 is 38.6 Å². The molecule has 0 heterocycles. The van der Waals surface area contributed by atoms with Crippen LogP contribution in [-0.4, -0.2) is 60.5 Å². The van der Waals surface area contributed by atoms with Crippen molar-refractivity contribution in [3.8, 4) is 0 Å². The second-order valence-electron chi connectivity index (χ2n) is 12.6. The van der Waals surface area contributed by atoms with Crippen LogP contribution in [0.25, 0.3) is 0 Å². The second-order valence-corrected chi connectivity index (χ2v) is 14.1. The molecule has 0 aromatic heterocycles. The lowest BCUT2D eigenvalue weighted by Gasteiger charge is -2.20. The highest BCUT2D eigenvalue weighted by Crippen LogP contribution is 2.43. The van der Waals surface area contributed by atoms with Crippen molar-refractivity contribution in [2.75, 3.05) is 26.4 Å². The number of allylic oxidation sites excluding steroid dienone is 11. The number of esters is 2. The van der Waals surface area contributed by atoms with Crippen LogP contribution in [0.3, 0.4) is 0 Å². The summed E-state index contributed by atoms with van der Waals surface area (Å²) < 4.78 is 32.4. The topological polar surface area (TPSA) is 155 Å². The molecule has 0 bridgehead atoms.